The van der Waals surface area contributed by atoms with Gasteiger partial charge in [0.2, 0.25) is 0 Å². The molecule has 0 spiro atoms. The molecule has 104 valence electrons. The molecule has 1 atom stereocenters. The number of morpholine rings is 1. The van der Waals surface area contributed by atoms with Crippen molar-refractivity contribution in [3.05, 3.63) is 35.9 Å². The maximum atomic E-state index is 11.9. The SMILES string of the molecule is O=C1NN=C(c2ccccc2)C1C=NN1CCOCC1. The minimum Gasteiger partial charge on any atom is -0.378 e. The molecule has 0 aliphatic carbocycles. The largest absolute Gasteiger partial charge is 0.378 e. The maximum absolute atomic E-state index is 11.9. The average Bonchev–Trinajstić information content (AvgIpc) is 2.88. The third kappa shape index (κ3) is 2.70. The number of carbonyl (C=O) groups is 1. The Bertz CT molecular complexity index is 535. The summed E-state index contributed by atoms with van der Waals surface area (Å²) in [6.07, 6.45) is 1.67. The van der Waals surface area contributed by atoms with E-state index >= 15 is 0 Å². The number of ether oxygens (including phenoxy) is 1. The molecule has 2 aliphatic rings. The molecule has 0 radical (unpaired) electrons. The van der Waals surface area contributed by atoms with Gasteiger partial charge in [0.1, 0.15) is 5.92 Å². The van der Waals surface area contributed by atoms with Gasteiger partial charge in [-0.15, -0.1) is 0 Å². The summed E-state index contributed by atoms with van der Waals surface area (Å²) in [7, 11) is 0. The van der Waals surface area contributed by atoms with Gasteiger partial charge < -0.3 is 4.74 Å². The fourth-order valence-corrected chi connectivity index (χ4v) is 2.20. The second kappa shape index (κ2) is 5.83. The molecule has 1 unspecified atom stereocenters. The minimum absolute atomic E-state index is 0.138. The smallest absolute Gasteiger partial charge is 0.254 e. The Morgan fingerprint density at radius 3 is 2.80 bits per heavy atom. The molecule has 1 aromatic rings. The van der Waals surface area contributed by atoms with E-state index in [1.807, 2.05) is 35.3 Å². The van der Waals surface area contributed by atoms with Crippen molar-refractivity contribution in [2.24, 2.45) is 16.1 Å². The lowest BCUT2D eigenvalue weighted by Gasteiger charge is -2.23. The number of hydrogen-bond donors (Lipinski definition) is 1. The van der Waals surface area contributed by atoms with E-state index in [-0.39, 0.29) is 5.91 Å². The van der Waals surface area contributed by atoms with Crippen LogP contribution in [0.15, 0.2) is 40.5 Å². The van der Waals surface area contributed by atoms with Crippen LogP contribution in [0.5, 0.6) is 0 Å². The molecule has 0 bridgehead atoms. The molecular weight excluding hydrogens is 256 g/mol. The van der Waals surface area contributed by atoms with Crippen LogP contribution in [-0.2, 0) is 9.53 Å². The fraction of sp³-hybridized carbons (Fsp3) is 0.357. The van der Waals surface area contributed by atoms with E-state index in [1.165, 1.54) is 0 Å². The van der Waals surface area contributed by atoms with E-state index < -0.39 is 5.92 Å². The second-order valence-electron chi connectivity index (χ2n) is 4.65. The lowest BCUT2D eigenvalue weighted by atomic mass is 9.98. The van der Waals surface area contributed by atoms with Crippen molar-refractivity contribution >= 4 is 17.8 Å². The maximum Gasteiger partial charge on any atom is 0.254 e. The number of hydrogen-bond acceptors (Lipinski definition) is 5. The molecule has 0 aromatic heterocycles. The van der Waals surface area contributed by atoms with Crippen molar-refractivity contribution < 1.29 is 9.53 Å². The zero-order chi connectivity index (χ0) is 13.8. The minimum atomic E-state index is -0.430. The summed E-state index contributed by atoms with van der Waals surface area (Å²) in [6, 6.07) is 9.67. The van der Waals surface area contributed by atoms with E-state index in [9.17, 15) is 4.79 Å². The zero-order valence-corrected chi connectivity index (χ0v) is 11.0. The molecule has 1 amide bonds. The van der Waals surface area contributed by atoms with E-state index in [0.717, 1.165) is 18.7 Å². The Morgan fingerprint density at radius 1 is 1.30 bits per heavy atom. The predicted octanol–water partition coefficient (Wildman–Crippen LogP) is 0.455. The molecule has 1 fully saturated rings. The van der Waals surface area contributed by atoms with Crippen molar-refractivity contribution in [3.8, 4) is 0 Å². The normalized spacial score (nSPS) is 23.0. The van der Waals surface area contributed by atoms with E-state index in [2.05, 4.69) is 15.6 Å². The number of amides is 1. The first-order valence-corrected chi connectivity index (χ1v) is 6.64. The third-order valence-corrected chi connectivity index (χ3v) is 3.30. The molecule has 1 saturated heterocycles. The van der Waals surface area contributed by atoms with E-state index in [1.54, 1.807) is 6.21 Å². The second-order valence-corrected chi connectivity index (χ2v) is 4.65. The highest BCUT2D eigenvalue weighted by atomic mass is 16.5. The standard InChI is InChI=1S/C14H16N4O2/c19-14-12(10-15-18-6-8-20-9-7-18)13(16-17-14)11-4-2-1-3-5-11/h1-5,10,12H,6-9H2,(H,17,19). The Kier molecular flexibility index (Phi) is 3.73. The predicted molar refractivity (Wildman–Crippen MR) is 75.5 cm³/mol. The first-order chi connectivity index (χ1) is 9.84. The van der Waals surface area contributed by atoms with Crippen LogP contribution in [0, 0.1) is 5.92 Å². The highest BCUT2D eigenvalue weighted by molar-refractivity contribution is 6.24. The van der Waals surface area contributed by atoms with Crippen LogP contribution < -0.4 is 5.43 Å². The van der Waals surface area contributed by atoms with Crippen molar-refractivity contribution in [1.82, 2.24) is 10.4 Å². The lowest BCUT2D eigenvalue weighted by molar-refractivity contribution is -0.120. The van der Waals surface area contributed by atoms with Gasteiger partial charge in [0.15, 0.2) is 0 Å². The molecular formula is C14H16N4O2. The van der Waals surface area contributed by atoms with Crippen molar-refractivity contribution in [1.29, 1.82) is 0 Å². The Labute approximate surface area is 117 Å². The van der Waals surface area contributed by atoms with Gasteiger partial charge in [-0.1, -0.05) is 30.3 Å². The topological polar surface area (TPSA) is 66.3 Å². The summed E-state index contributed by atoms with van der Waals surface area (Å²) in [5, 5.41) is 10.4. The fourth-order valence-electron chi connectivity index (χ4n) is 2.20. The highest BCUT2D eigenvalue weighted by Gasteiger charge is 2.29. The number of rotatable bonds is 3. The Balaban J connectivity index is 1.75. The van der Waals surface area contributed by atoms with Gasteiger partial charge in [-0.25, -0.2) is 5.43 Å². The van der Waals surface area contributed by atoms with E-state index in [4.69, 9.17) is 4.74 Å². The molecule has 6 heteroatoms. The summed E-state index contributed by atoms with van der Waals surface area (Å²) in [4.78, 5) is 11.9. The molecule has 6 nitrogen and oxygen atoms in total. The van der Waals surface area contributed by atoms with Crippen LogP contribution in [0.1, 0.15) is 5.56 Å². The monoisotopic (exact) mass is 272 g/mol. The molecule has 1 N–H and O–H groups in total. The molecule has 2 aliphatic heterocycles. The summed E-state index contributed by atoms with van der Waals surface area (Å²) in [6.45, 7) is 2.85. The summed E-state index contributed by atoms with van der Waals surface area (Å²) < 4.78 is 5.26. The number of benzene rings is 1. The van der Waals surface area contributed by atoms with Gasteiger partial charge in [0, 0.05) is 6.21 Å². The summed E-state index contributed by atoms with van der Waals surface area (Å²) >= 11 is 0. The van der Waals surface area contributed by atoms with Crippen LogP contribution in [-0.4, -0.2) is 49.1 Å². The number of hydrazone groups is 2. The van der Waals surface area contributed by atoms with Gasteiger partial charge >= 0.3 is 0 Å². The lowest BCUT2D eigenvalue weighted by Crippen LogP contribution is -2.33. The molecule has 0 saturated carbocycles. The third-order valence-electron chi connectivity index (χ3n) is 3.30. The van der Waals surface area contributed by atoms with Gasteiger partial charge in [-0.3, -0.25) is 9.80 Å². The zero-order valence-electron chi connectivity index (χ0n) is 11.0. The van der Waals surface area contributed by atoms with Crippen molar-refractivity contribution in [2.75, 3.05) is 26.3 Å². The van der Waals surface area contributed by atoms with Gasteiger partial charge in [-0.2, -0.15) is 10.2 Å². The number of carbonyl (C=O) groups excluding carboxylic acids is 1. The molecule has 1 aromatic carbocycles. The van der Waals surface area contributed by atoms with Crippen molar-refractivity contribution in [2.45, 2.75) is 0 Å². The first-order valence-electron chi connectivity index (χ1n) is 6.64. The van der Waals surface area contributed by atoms with Gasteiger partial charge in [-0.05, 0) is 5.56 Å². The van der Waals surface area contributed by atoms with Crippen LogP contribution >= 0.6 is 0 Å². The van der Waals surface area contributed by atoms with Crippen LogP contribution in [0.4, 0.5) is 0 Å². The average molecular weight is 272 g/mol. The Morgan fingerprint density at radius 2 is 2.05 bits per heavy atom. The van der Waals surface area contributed by atoms with Crippen LogP contribution in [0.2, 0.25) is 0 Å². The first kappa shape index (κ1) is 12.8. The molecule has 2 heterocycles. The number of nitrogens with zero attached hydrogens (tertiary/aromatic N) is 3. The van der Waals surface area contributed by atoms with Gasteiger partial charge in [0.05, 0.1) is 32.0 Å². The summed E-state index contributed by atoms with van der Waals surface area (Å²) in [5.74, 6) is -0.568. The van der Waals surface area contributed by atoms with E-state index in [0.29, 0.717) is 18.9 Å². The summed E-state index contributed by atoms with van der Waals surface area (Å²) in [5.41, 5.74) is 4.17. The highest BCUT2D eigenvalue weighted by Crippen LogP contribution is 2.14. The van der Waals surface area contributed by atoms with Crippen LogP contribution in [0.3, 0.4) is 0 Å². The van der Waals surface area contributed by atoms with Crippen LogP contribution in [0.25, 0.3) is 0 Å². The quantitative estimate of drug-likeness (QED) is 0.813. The van der Waals surface area contributed by atoms with Gasteiger partial charge in [0.25, 0.3) is 5.91 Å². The molecule has 3 rings (SSSR count). The van der Waals surface area contributed by atoms with Crippen molar-refractivity contribution in [3.63, 3.8) is 0 Å². The Hall–Kier alpha value is -2.21. The molecule has 20 heavy (non-hydrogen) atoms. The number of nitrogens with one attached hydrogen (secondary N) is 1.